The summed E-state index contributed by atoms with van der Waals surface area (Å²) in [6, 6.07) is 72.1. The van der Waals surface area contributed by atoms with Gasteiger partial charge in [0, 0.05) is 16.2 Å². The summed E-state index contributed by atoms with van der Waals surface area (Å²) >= 11 is 0. The third-order valence-corrected chi connectivity index (χ3v) is 12.9. The van der Waals surface area contributed by atoms with E-state index in [2.05, 4.69) is 194 Å². The molecule has 0 saturated carbocycles. The highest BCUT2D eigenvalue weighted by Crippen LogP contribution is 2.65. The first-order chi connectivity index (χ1) is 27.8. The summed E-state index contributed by atoms with van der Waals surface area (Å²) in [4.78, 5) is 0. The molecule has 10 aromatic carbocycles. The van der Waals surface area contributed by atoms with Crippen LogP contribution < -0.4 is 0 Å². The van der Waals surface area contributed by atoms with E-state index in [1.165, 1.54) is 93.7 Å². The van der Waals surface area contributed by atoms with E-state index >= 15 is 0 Å². The fourth-order valence-corrected chi connectivity index (χ4v) is 10.6. The van der Waals surface area contributed by atoms with Gasteiger partial charge in [0.05, 0.1) is 5.41 Å². The second-order valence-corrected chi connectivity index (χ2v) is 15.5. The maximum absolute atomic E-state index is 6.70. The van der Waals surface area contributed by atoms with Crippen LogP contribution in [-0.2, 0) is 5.41 Å². The average Bonchev–Trinajstić information content (AvgIpc) is 3.89. The SMILES string of the molecule is c1ccc2c(c1)-c1ccccc1C21c2cc(-c3cccc4oc5c6ccccc6ccc5c34)ccc2-c2c1cc1ccccc1c2-c1cccc2ccccc12. The topological polar surface area (TPSA) is 13.1 Å². The Bertz CT molecular complexity index is 3440. The van der Waals surface area contributed by atoms with Crippen molar-refractivity contribution in [3.8, 4) is 44.5 Å². The summed E-state index contributed by atoms with van der Waals surface area (Å²) in [5.41, 5.74) is 16.9. The number of furan rings is 1. The zero-order chi connectivity index (χ0) is 36.5. The lowest BCUT2D eigenvalue weighted by Gasteiger charge is -2.31. The van der Waals surface area contributed by atoms with E-state index in [1.807, 2.05) is 0 Å². The van der Waals surface area contributed by atoms with Gasteiger partial charge < -0.3 is 4.42 Å². The first-order valence-corrected chi connectivity index (χ1v) is 19.5. The molecule has 0 bridgehead atoms. The van der Waals surface area contributed by atoms with Crippen LogP contribution in [0.3, 0.4) is 0 Å². The van der Waals surface area contributed by atoms with Crippen molar-refractivity contribution in [1.82, 2.24) is 0 Å². The van der Waals surface area contributed by atoms with Gasteiger partial charge in [-0.25, -0.2) is 0 Å². The zero-order valence-electron chi connectivity index (χ0n) is 30.4. The van der Waals surface area contributed by atoms with Crippen LogP contribution in [0.2, 0.25) is 0 Å². The molecule has 0 N–H and O–H groups in total. The minimum absolute atomic E-state index is 0.514. The molecule has 0 aliphatic heterocycles. The molecule has 0 amide bonds. The number of benzene rings is 10. The van der Waals surface area contributed by atoms with Gasteiger partial charge >= 0.3 is 0 Å². The Hall–Kier alpha value is -7.22. The van der Waals surface area contributed by atoms with Crippen molar-refractivity contribution >= 4 is 54.3 Å². The predicted octanol–water partition coefficient (Wildman–Crippen LogP) is 14.7. The first-order valence-electron chi connectivity index (χ1n) is 19.5. The van der Waals surface area contributed by atoms with Crippen LogP contribution in [-0.4, -0.2) is 0 Å². The number of rotatable bonds is 2. The van der Waals surface area contributed by atoms with E-state index in [0.29, 0.717) is 0 Å². The van der Waals surface area contributed by atoms with Crippen LogP contribution in [0.1, 0.15) is 22.3 Å². The summed E-state index contributed by atoms with van der Waals surface area (Å²) in [7, 11) is 0. The molecule has 0 atom stereocenters. The average molecular weight is 709 g/mol. The van der Waals surface area contributed by atoms with Gasteiger partial charge in [0.2, 0.25) is 0 Å². The van der Waals surface area contributed by atoms with Crippen LogP contribution in [0.4, 0.5) is 0 Å². The molecule has 0 unspecified atom stereocenters. The normalized spacial score (nSPS) is 13.5. The van der Waals surface area contributed by atoms with Crippen LogP contribution in [0.25, 0.3) is 98.8 Å². The van der Waals surface area contributed by atoms with Crippen molar-refractivity contribution < 1.29 is 4.42 Å². The molecule has 1 heterocycles. The van der Waals surface area contributed by atoms with Gasteiger partial charge in [0.15, 0.2) is 0 Å². The van der Waals surface area contributed by atoms with Crippen molar-refractivity contribution in [3.63, 3.8) is 0 Å². The Labute approximate surface area is 323 Å². The van der Waals surface area contributed by atoms with E-state index in [0.717, 1.165) is 27.3 Å². The smallest absolute Gasteiger partial charge is 0.143 e. The quantitative estimate of drug-likeness (QED) is 0.174. The molecule has 0 fully saturated rings. The molecule has 1 spiro atoms. The summed E-state index contributed by atoms with van der Waals surface area (Å²) in [6.45, 7) is 0. The van der Waals surface area contributed by atoms with Crippen molar-refractivity contribution in [3.05, 3.63) is 216 Å². The minimum atomic E-state index is -0.514. The highest BCUT2D eigenvalue weighted by molar-refractivity contribution is 6.20. The van der Waals surface area contributed by atoms with E-state index in [9.17, 15) is 0 Å². The Morgan fingerprint density at radius 3 is 1.73 bits per heavy atom. The van der Waals surface area contributed by atoms with Crippen molar-refractivity contribution in [2.45, 2.75) is 5.41 Å². The largest absolute Gasteiger partial charge is 0.455 e. The second kappa shape index (κ2) is 10.9. The van der Waals surface area contributed by atoms with Gasteiger partial charge in [-0.3, -0.25) is 0 Å². The molecule has 1 aromatic heterocycles. The lowest BCUT2D eigenvalue weighted by molar-refractivity contribution is 0.673. The second-order valence-electron chi connectivity index (χ2n) is 15.5. The molecule has 2 aliphatic carbocycles. The van der Waals surface area contributed by atoms with Crippen LogP contribution in [0, 0.1) is 0 Å². The standard InChI is InChI=1S/C55H32O/c1-4-17-37-33(13-1)16-11-23-43(37)52-39-18-5-3-15-35(39)32-49-53(52)44-29-28-36(31-48(44)55(49)46-24-9-7-20-41(46)42-21-8-10-25-47(42)55)38-22-12-26-50-51(38)45-30-27-34-14-2-6-19-40(34)54(45)56-50/h1-32H. The number of hydrogen-bond donors (Lipinski definition) is 0. The van der Waals surface area contributed by atoms with Crippen LogP contribution in [0.5, 0.6) is 0 Å². The Morgan fingerprint density at radius 2 is 0.929 bits per heavy atom. The van der Waals surface area contributed by atoms with Crippen molar-refractivity contribution in [2.75, 3.05) is 0 Å². The molecular weight excluding hydrogens is 677 g/mol. The van der Waals surface area contributed by atoms with Gasteiger partial charge in [-0.05, 0) is 118 Å². The van der Waals surface area contributed by atoms with Gasteiger partial charge in [-0.2, -0.15) is 0 Å². The first kappa shape index (κ1) is 30.1. The van der Waals surface area contributed by atoms with E-state index in [-0.39, 0.29) is 0 Å². The highest BCUT2D eigenvalue weighted by atomic mass is 16.3. The van der Waals surface area contributed by atoms with Crippen LogP contribution in [0.15, 0.2) is 199 Å². The lowest BCUT2D eigenvalue weighted by atomic mass is 9.69. The van der Waals surface area contributed by atoms with E-state index in [1.54, 1.807) is 0 Å². The summed E-state index contributed by atoms with van der Waals surface area (Å²) < 4.78 is 6.70. The third kappa shape index (κ3) is 3.75. The third-order valence-electron chi connectivity index (χ3n) is 12.9. The molecule has 258 valence electrons. The van der Waals surface area contributed by atoms with Gasteiger partial charge in [0.1, 0.15) is 11.2 Å². The fourth-order valence-electron chi connectivity index (χ4n) is 10.6. The summed E-state index contributed by atoms with van der Waals surface area (Å²) in [5, 5.41) is 9.68. The lowest BCUT2D eigenvalue weighted by Crippen LogP contribution is -2.26. The molecule has 0 saturated heterocycles. The van der Waals surface area contributed by atoms with Crippen LogP contribution >= 0.6 is 0 Å². The fraction of sp³-hybridized carbons (Fsp3) is 0.0182. The molecule has 1 nitrogen and oxygen atoms in total. The molecule has 0 radical (unpaired) electrons. The maximum Gasteiger partial charge on any atom is 0.143 e. The van der Waals surface area contributed by atoms with Gasteiger partial charge in [0.25, 0.3) is 0 Å². The van der Waals surface area contributed by atoms with E-state index < -0.39 is 5.41 Å². The Balaban J connectivity index is 1.19. The zero-order valence-corrected chi connectivity index (χ0v) is 30.4. The highest BCUT2D eigenvalue weighted by Gasteiger charge is 2.52. The monoisotopic (exact) mass is 708 g/mol. The Kier molecular flexibility index (Phi) is 5.89. The minimum Gasteiger partial charge on any atom is -0.455 e. The van der Waals surface area contributed by atoms with Gasteiger partial charge in [-0.15, -0.1) is 0 Å². The maximum atomic E-state index is 6.70. The van der Waals surface area contributed by atoms with Crippen molar-refractivity contribution in [1.29, 1.82) is 0 Å². The predicted molar refractivity (Wildman–Crippen MR) is 233 cm³/mol. The number of fused-ring (bicyclic) bond motifs is 17. The van der Waals surface area contributed by atoms with Crippen molar-refractivity contribution in [2.24, 2.45) is 0 Å². The molecule has 56 heavy (non-hydrogen) atoms. The summed E-state index contributed by atoms with van der Waals surface area (Å²) in [5.74, 6) is 0. The Morgan fingerprint density at radius 1 is 0.321 bits per heavy atom. The number of hydrogen-bond acceptors (Lipinski definition) is 1. The molecule has 2 aliphatic rings. The van der Waals surface area contributed by atoms with E-state index in [4.69, 9.17) is 4.42 Å². The molecule has 1 heteroatoms. The molecular formula is C55H32O. The molecule has 13 rings (SSSR count). The summed E-state index contributed by atoms with van der Waals surface area (Å²) in [6.07, 6.45) is 0. The molecule has 11 aromatic rings. The van der Waals surface area contributed by atoms with Gasteiger partial charge in [-0.1, -0.05) is 170 Å².